The summed E-state index contributed by atoms with van der Waals surface area (Å²) in [4.78, 5) is 7.47. The largest absolute Gasteiger partial charge is 0.368 e. The molecule has 6 heteroatoms. The van der Waals surface area contributed by atoms with Crippen LogP contribution < -0.4 is 11.2 Å². The van der Waals surface area contributed by atoms with Crippen molar-refractivity contribution in [1.29, 1.82) is 0 Å². The Morgan fingerprint density at radius 1 is 1.40 bits per heavy atom. The fraction of sp³-hybridized carbons (Fsp3) is 0. The molecule has 0 unspecified atom stereocenters. The van der Waals surface area contributed by atoms with E-state index in [1.54, 1.807) is 0 Å². The monoisotopic (exact) mass is 135 g/mol. The molecule has 0 atom stereocenters. The van der Waals surface area contributed by atoms with Gasteiger partial charge in [0.1, 0.15) is 0 Å². The Hall–Kier alpha value is -1.72. The van der Waals surface area contributed by atoms with Crippen LogP contribution in [0.15, 0.2) is 16.5 Å². The molecule has 6 nitrogen and oxygen atoms in total. The van der Waals surface area contributed by atoms with Gasteiger partial charge in [0.05, 0.1) is 6.20 Å². The second-order valence-electron chi connectivity index (χ2n) is 1.73. The Morgan fingerprint density at radius 2 is 2.30 bits per heavy atom. The van der Waals surface area contributed by atoms with Crippen LogP contribution in [0.5, 0.6) is 0 Å². The van der Waals surface area contributed by atoms with E-state index >= 15 is 0 Å². The number of nitrogens with zero attached hydrogens (tertiary/aromatic N) is 5. The molecule has 10 heavy (non-hydrogen) atoms. The van der Waals surface area contributed by atoms with E-state index in [1.807, 2.05) is 0 Å². The number of nitrogens with two attached hydrogens (primary N) is 1. The molecule has 0 saturated heterocycles. The summed E-state index contributed by atoms with van der Waals surface area (Å²) in [7, 11) is 0. The van der Waals surface area contributed by atoms with Crippen molar-refractivity contribution in [3.8, 4) is 0 Å². The minimum atomic E-state index is 0.190. The normalized spacial score (nSPS) is 12.8. The summed E-state index contributed by atoms with van der Waals surface area (Å²) in [6.07, 6.45) is 1.48. The number of nitrogen functional groups attached to an aromatic ring is 1. The van der Waals surface area contributed by atoms with Gasteiger partial charge in [-0.3, -0.25) is 0 Å². The minimum absolute atomic E-state index is 0.190. The zero-order valence-electron chi connectivity index (χ0n) is 4.89. The molecular formula is C4H3N6. The van der Waals surface area contributed by atoms with Crippen LogP contribution in [0, 0.1) is 0 Å². The molecule has 1 radical (unpaired) electrons. The number of aromatic nitrogens is 2. The van der Waals surface area contributed by atoms with Gasteiger partial charge in [0, 0.05) is 0 Å². The molecule has 0 aliphatic carbocycles. The molecule has 1 aliphatic heterocycles. The minimum Gasteiger partial charge on any atom is -0.368 e. The molecule has 0 saturated carbocycles. The van der Waals surface area contributed by atoms with E-state index in [-0.39, 0.29) is 5.95 Å². The van der Waals surface area contributed by atoms with E-state index < -0.39 is 0 Å². The average Bonchev–Trinajstić information content (AvgIpc) is 2.33. The maximum Gasteiger partial charge on any atom is 0.222 e. The number of anilines is 1. The smallest absolute Gasteiger partial charge is 0.222 e. The molecule has 49 valence electrons. The number of fused-ring (bicyclic) bond motifs is 1. The second-order valence-corrected chi connectivity index (χ2v) is 1.73. The van der Waals surface area contributed by atoms with Crippen molar-refractivity contribution in [3.63, 3.8) is 0 Å². The average molecular weight is 135 g/mol. The molecule has 0 fully saturated rings. The van der Waals surface area contributed by atoms with Crippen molar-refractivity contribution >= 4 is 17.5 Å². The van der Waals surface area contributed by atoms with Gasteiger partial charge < -0.3 is 5.73 Å². The van der Waals surface area contributed by atoms with Crippen LogP contribution in [0.1, 0.15) is 0 Å². The maximum atomic E-state index is 5.27. The first-order chi connectivity index (χ1) is 4.86. The van der Waals surface area contributed by atoms with Crippen molar-refractivity contribution in [3.05, 3.63) is 6.20 Å². The third kappa shape index (κ3) is 0.586. The van der Waals surface area contributed by atoms with Gasteiger partial charge in [-0.1, -0.05) is 0 Å². The first kappa shape index (κ1) is 5.10. The van der Waals surface area contributed by atoms with Gasteiger partial charge in [0.15, 0.2) is 5.69 Å². The predicted octanol–water partition coefficient (Wildman–Crippen LogP) is 0.307. The summed E-state index contributed by atoms with van der Waals surface area (Å²) in [6.45, 7) is 0. The van der Waals surface area contributed by atoms with Gasteiger partial charge in [0.2, 0.25) is 11.8 Å². The van der Waals surface area contributed by atoms with Crippen LogP contribution in [0.25, 0.3) is 0 Å². The lowest BCUT2D eigenvalue weighted by Gasteiger charge is -1.91. The van der Waals surface area contributed by atoms with Crippen LogP contribution >= 0.6 is 0 Å². The molecule has 0 bridgehead atoms. The SMILES string of the molecule is Nc1ncc2c(n1)N=N[N]2. The molecule has 2 N–H and O–H groups in total. The van der Waals surface area contributed by atoms with Gasteiger partial charge in [-0.25, -0.2) is 4.98 Å². The Bertz CT molecular complexity index is 292. The molecule has 2 heterocycles. The Balaban J connectivity index is 2.60. The first-order valence-electron chi connectivity index (χ1n) is 2.60. The van der Waals surface area contributed by atoms with Crippen molar-refractivity contribution in [2.24, 2.45) is 10.3 Å². The summed E-state index contributed by atoms with van der Waals surface area (Å²) in [6, 6.07) is 0. The topological polar surface area (TPSA) is 90.6 Å². The van der Waals surface area contributed by atoms with Gasteiger partial charge >= 0.3 is 0 Å². The van der Waals surface area contributed by atoms with Crippen molar-refractivity contribution in [2.45, 2.75) is 0 Å². The van der Waals surface area contributed by atoms with Crippen LogP contribution in [-0.4, -0.2) is 9.97 Å². The van der Waals surface area contributed by atoms with E-state index in [0.29, 0.717) is 11.5 Å². The standard InChI is InChI=1S/C4H3N6/c5-4-6-1-2-3(7-4)9-10-8-2/h1H,(H2,5,6,7). The zero-order chi connectivity index (χ0) is 6.97. The molecule has 0 amide bonds. The van der Waals surface area contributed by atoms with Gasteiger partial charge in [-0.15, -0.1) is 10.5 Å². The van der Waals surface area contributed by atoms with Crippen molar-refractivity contribution < 1.29 is 0 Å². The van der Waals surface area contributed by atoms with Crippen molar-refractivity contribution in [1.82, 2.24) is 15.4 Å². The fourth-order valence-corrected chi connectivity index (χ4v) is 0.637. The third-order valence-electron chi connectivity index (χ3n) is 1.06. The lowest BCUT2D eigenvalue weighted by atomic mass is 10.5. The van der Waals surface area contributed by atoms with E-state index in [1.165, 1.54) is 6.20 Å². The molecule has 0 aromatic carbocycles. The Labute approximate surface area is 56.2 Å². The highest BCUT2D eigenvalue weighted by atomic mass is 15.5. The molecule has 2 rings (SSSR count). The highest BCUT2D eigenvalue weighted by Crippen LogP contribution is 2.26. The number of rotatable bonds is 0. The van der Waals surface area contributed by atoms with E-state index in [4.69, 9.17) is 5.73 Å². The number of hydrogen-bond acceptors (Lipinski definition) is 5. The Kier molecular flexibility index (Phi) is 0.830. The predicted molar refractivity (Wildman–Crippen MR) is 32.8 cm³/mol. The van der Waals surface area contributed by atoms with Crippen molar-refractivity contribution in [2.75, 3.05) is 5.73 Å². The van der Waals surface area contributed by atoms with Gasteiger partial charge in [-0.05, 0) is 5.22 Å². The second kappa shape index (κ2) is 1.63. The van der Waals surface area contributed by atoms with E-state index in [2.05, 4.69) is 25.7 Å². The molecular weight excluding hydrogens is 132 g/mol. The summed E-state index contributed by atoms with van der Waals surface area (Å²) < 4.78 is 0. The summed E-state index contributed by atoms with van der Waals surface area (Å²) >= 11 is 0. The van der Waals surface area contributed by atoms with Gasteiger partial charge in [0.25, 0.3) is 0 Å². The first-order valence-corrected chi connectivity index (χ1v) is 2.60. The third-order valence-corrected chi connectivity index (χ3v) is 1.06. The fourth-order valence-electron chi connectivity index (χ4n) is 0.637. The number of hydrogen-bond donors (Lipinski definition) is 1. The maximum absolute atomic E-state index is 5.27. The Morgan fingerprint density at radius 3 is 3.20 bits per heavy atom. The van der Waals surface area contributed by atoms with E-state index in [0.717, 1.165) is 0 Å². The lowest BCUT2D eigenvalue weighted by molar-refractivity contribution is 0.920. The molecule has 1 aromatic heterocycles. The highest BCUT2D eigenvalue weighted by Gasteiger charge is 2.10. The summed E-state index contributed by atoms with van der Waals surface area (Å²) in [5.41, 5.74) is 9.45. The van der Waals surface area contributed by atoms with Gasteiger partial charge in [-0.2, -0.15) is 4.98 Å². The summed E-state index contributed by atoms with van der Waals surface area (Å²) in [5.74, 6) is 0.627. The van der Waals surface area contributed by atoms with Crippen LogP contribution in [0.3, 0.4) is 0 Å². The van der Waals surface area contributed by atoms with Crippen LogP contribution in [0.2, 0.25) is 0 Å². The quantitative estimate of drug-likeness (QED) is 0.554. The van der Waals surface area contributed by atoms with Crippen LogP contribution in [-0.2, 0) is 0 Å². The molecule has 1 aliphatic rings. The summed E-state index contributed by atoms with van der Waals surface area (Å²) in [5, 5.41) is 6.97. The lowest BCUT2D eigenvalue weighted by Crippen LogP contribution is -1.93. The highest BCUT2D eigenvalue weighted by molar-refractivity contribution is 5.56. The molecule has 1 aromatic rings. The van der Waals surface area contributed by atoms with Crippen LogP contribution in [0.4, 0.5) is 17.5 Å². The molecule has 0 spiro atoms. The van der Waals surface area contributed by atoms with E-state index in [9.17, 15) is 0 Å². The zero-order valence-corrected chi connectivity index (χ0v) is 4.89.